The van der Waals surface area contributed by atoms with Crippen LogP contribution in [0.2, 0.25) is 0 Å². The predicted molar refractivity (Wildman–Crippen MR) is 86.7 cm³/mol. The van der Waals surface area contributed by atoms with Gasteiger partial charge in [-0.2, -0.15) is 0 Å². The molecule has 118 valence electrons. The Morgan fingerprint density at radius 2 is 2.23 bits per heavy atom. The van der Waals surface area contributed by atoms with Crippen molar-refractivity contribution in [3.8, 4) is 0 Å². The van der Waals surface area contributed by atoms with Crippen molar-refractivity contribution in [2.75, 3.05) is 13.6 Å². The maximum Gasteiger partial charge on any atom is 0.355 e. The number of aromatic nitrogens is 1. The van der Waals surface area contributed by atoms with E-state index in [0.29, 0.717) is 18.0 Å². The first-order valence-corrected chi connectivity index (χ1v) is 8.46. The number of rotatable bonds is 6. The molecule has 2 amide bonds. The zero-order valence-electron chi connectivity index (χ0n) is 12.3. The largest absolute Gasteiger partial charge is 0.476 e. The first-order valence-electron chi connectivity index (χ1n) is 6.70. The lowest BCUT2D eigenvalue weighted by Crippen LogP contribution is -2.39. The molecule has 0 aliphatic carbocycles. The van der Waals surface area contributed by atoms with E-state index in [9.17, 15) is 9.59 Å². The fraction of sp³-hybridized carbons (Fsp3) is 0.357. The summed E-state index contributed by atoms with van der Waals surface area (Å²) < 4.78 is 0. The van der Waals surface area contributed by atoms with Crippen LogP contribution in [-0.2, 0) is 6.42 Å². The molecule has 2 aromatic heterocycles. The molecule has 0 unspecified atom stereocenters. The lowest BCUT2D eigenvalue weighted by Gasteiger charge is -2.24. The molecular formula is C14H17N3O3S2. The highest BCUT2D eigenvalue weighted by atomic mass is 32.1. The number of thiazole rings is 1. The molecule has 0 aliphatic rings. The van der Waals surface area contributed by atoms with Crippen LogP contribution in [0.15, 0.2) is 22.9 Å². The minimum atomic E-state index is -1.03. The molecule has 0 bridgehead atoms. The van der Waals surface area contributed by atoms with Crippen molar-refractivity contribution in [1.29, 1.82) is 0 Å². The van der Waals surface area contributed by atoms with Crippen LogP contribution >= 0.6 is 22.7 Å². The van der Waals surface area contributed by atoms with Gasteiger partial charge in [-0.3, -0.25) is 0 Å². The van der Waals surface area contributed by atoms with E-state index in [1.165, 1.54) is 16.7 Å². The Bertz CT molecular complexity index is 640. The molecule has 0 saturated heterocycles. The standard InChI is InChI=1S/C14H17N3O3S2/c1-9(11-4-3-7-21-11)17(2)14(20)15-6-5-12-16-10(8-22-12)13(18)19/h3-4,7-9H,5-6H2,1-2H3,(H,15,20)(H,18,19)/t9-/m1/s1. The number of nitrogens with zero attached hydrogens (tertiary/aromatic N) is 2. The smallest absolute Gasteiger partial charge is 0.355 e. The highest BCUT2D eigenvalue weighted by Crippen LogP contribution is 2.23. The van der Waals surface area contributed by atoms with Gasteiger partial charge in [-0.25, -0.2) is 14.6 Å². The maximum atomic E-state index is 12.1. The second kappa shape index (κ2) is 7.37. The number of aromatic carboxylic acids is 1. The summed E-state index contributed by atoms with van der Waals surface area (Å²) >= 11 is 2.90. The molecule has 2 rings (SSSR count). The maximum absolute atomic E-state index is 12.1. The molecule has 0 radical (unpaired) electrons. The number of carboxylic acids is 1. The van der Waals surface area contributed by atoms with Gasteiger partial charge in [0.1, 0.15) is 0 Å². The second-order valence-electron chi connectivity index (χ2n) is 4.72. The van der Waals surface area contributed by atoms with E-state index in [1.54, 1.807) is 23.3 Å². The van der Waals surface area contributed by atoms with Crippen LogP contribution in [-0.4, -0.2) is 40.6 Å². The molecule has 0 saturated carbocycles. The summed E-state index contributed by atoms with van der Waals surface area (Å²) in [5.74, 6) is -1.03. The van der Waals surface area contributed by atoms with E-state index >= 15 is 0 Å². The Balaban J connectivity index is 1.80. The molecular weight excluding hydrogens is 322 g/mol. The summed E-state index contributed by atoms with van der Waals surface area (Å²) in [6, 6.07) is 3.82. The minimum absolute atomic E-state index is 0.0125. The number of thiophene rings is 1. The predicted octanol–water partition coefficient (Wildman–Crippen LogP) is 2.85. The number of urea groups is 1. The summed E-state index contributed by atoms with van der Waals surface area (Å²) in [5.41, 5.74) is 0.0507. The Labute approximate surface area is 136 Å². The van der Waals surface area contributed by atoms with Gasteiger partial charge in [0.2, 0.25) is 0 Å². The van der Waals surface area contributed by atoms with E-state index in [-0.39, 0.29) is 17.8 Å². The van der Waals surface area contributed by atoms with Crippen molar-refractivity contribution in [3.05, 3.63) is 38.5 Å². The molecule has 2 N–H and O–H groups in total. The number of hydrogen-bond donors (Lipinski definition) is 2. The molecule has 1 atom stereocenters. The molecule has 0 aliphatic heterocycles. The van der Waals surface area contributed by atoms with Gasteiger partial charge in [-0.15, -0.1) is 22.7 Å². The van der Waals surface area contributed by atoms with E-state index in [2.05, 4.69) is 10.3 Å². The Morgan fingerprint density at radius 1 is 1.45 bits per heavy atom. The average molecular weight is 339 g/mol. The molecule has 2 aromatic rings. The fourth-order valence-electron chi connectivity index (χ4n) is 1.82. The van der Waals surface area contributed by atoms with Crippen LogP contribution < -0.4 is 5.32 Å². The highest BCUT2D eigenvalue weighted by Gasteiger charge is 2.17. The molecule has 0 spiro atoms. The van der Waals surface area contributed by atoms with Crippen LogP contribution in [0.25, 0.3) is 0 Å². The number of carbonyl (C=O) groups is 2. The van der Waals surface area contributed by atoms with Gasteiger partial charge in [-0.1, -0.05) is 6.07 Å². The first kappa shape index (κ1) is 16.4. The van der Waals surface area contributed by atoms with Crippen molar-refractivity contribution in [1.82, 2.24) is 15.2 Å². The van der Waals surface area contributed by atoms with Gasteiger partial charge < -0.3 is 15.3 Å². The van der Waals surface area contributed by atoms with Crippen LogP contribution in [0, 0.1) is 0 Å². The lowest BCUT2D eigenvalue weighted by molar-refractivity contribution is 0.0691. The molecule has 22 heavy (non-hydrogen) atoms. The summed E-state index contributed by atoms with van der Waals surface area (Å²) in [6.07, 6.45) is 0.519. The second-order valence-corrected chi connectivity index (χ2v) is 6.64. The molecule has 6 nitrogen and oxygen atoms in total. The third kappa shape index (κ3) is 4.05. The number of amides is 2. The van der Waals surface area contributed by atoms with E-state index in [1.807, 2.05) is 24.4 Å². The molecule has 0 aromatic carbocycles. The first-order chi connectivity index (χ1) is 10.5. The summed E-state index contributed by atoms with van der Waals surface area (Å²) in [4.78, 5) is 29.6. The van der Waals surface area contributed by atoms with Crippen LogP contribution in [0.5, 0.6) is 0 Å². The Morgan fingerprint density at radius 3 is 2.82 bits per heavy atom. The van der Waals surface area contributed by atoms with Gasteiger partial charge in [-0.05, 0) is 18.4 Å². The third-order valence-electron chi connectivity index (χ3n) is 3.24. The summed E-state index contributed by atoms with van der Waals surface area (Å²) in [7, 11) is 1.76. The van der Waals surface area contributed by atoms with Gasteiger partial charge in [0.05, 0.1) is 11.0 Å². The number of hydrogen-bond acceptors (Lipinski definition) is 5. The van der Waals surface area contributed by atoms with E-state index in [4.69, 9.17) is 5.11 Å². The lowest BCUT2D eigenvalue weighted by atomic mass is 10.2. The van der Waals surface area contributed by atoms with E-state index in [0.717, 1.165) is 4.88 Å². The van der Waals surface area contributed by atoms with Crippen LogP contribution in [0.3, 0.4) is 0 Å². The molecule has 2 heterocycles. The third-order valence-corrected chi connectivity index (χ3v) is 5.19. The monoisotopic (exact) mass is 339 g/mol. The highest BCUT2D eigenvalue weighted by molar-refractivity contribution is 7.10. The van der Waals surface area contributed by atoms with Crippen molar-refractivity contribution < 1.29 is 14.7 Å². The summed E-state index contributed by atoms with van der Waals surface area (Å²) in [6.45, 7) is 2.40. The molecule has 0 fully saturated rings. The quantitative estimate of drug-likeness (QED) is 0.848. The van der Waals surface area contributed by atoms with Crippen molar-refractivity contribution in [2.45, 2.75) is 19.4 Å². The number of nitrogens with one attached hydrogen (secondary N) is 1. The Kier molecular flexibility index (Phi) is 5.51. The zero-order valence-corrected chi connectivity index (χ0v) is 13.9. The van der Waals surface area contributed by atoms with Crippen molar-refractivity contribution in [3.63, 3.8) is 0 Å². The van der Waals surface area contributed by atoms with Crippen LogP contribution in [0.4, 0.5) is 4.79 Å². The SMILES string of the molecule is C[C@H](c1cccs1)N(C)C(=O)NCCc1nc(C(=O)O)cs1. The number of carboxylic acid groups (broad SMARTS) is 1. The van der Waals surface area contributed by atoms with Crippen LogP contribution in [0.1, 0.15) is 33.3 Å². The average Bonchev–Trinajstić information content (AvgIpc) is 3.16. The van der Waals surface area contributed by atoms with Crippen molar-refractivity contribution >= 4 is 34.7 Å². The van der Waals surface area contributed by atoms with Gasteiger partial charge >= 0.3 is 12.0 Å². The van der Waals surface area contributed by atoms with E-state index < -0.39 is 5.97 Å². The molecule has 8 heteroatoms. The van der Waals surface area contributed by atoms with Crippen molar-refractivity contribution in [2.24, 2.45) is 0 Å². The van der Waals surface area contributed by atoms with Gasteiger partial charge in [0.25, 0.3) is 0 Å². The zero-order chi connectivity index (χ0) is 16.1. The fourth-order valence-corrected chi connectivity index (χ4v) is 3.42. The minimum Gasteiger partial charge on any atom is -0.476 e. The normalized spacial score (nSPS) is 11.9. The number of carbonyl (C=O) groups excluding carboxylic acids is 1. The topological polar surface area (TPSA) is 82.5 Å². The Hall–Kier alpha value is -1.93. The van der Waals surface area contributed by atoms with Gasteiger partial charge in [0.15, 0.2) is 5.69 Å². The summed E-state index contributed by atoms with van der Waals surface area (Å²) in [5, 5.41) is 15.8. The van der Waals surface area contributed by atoms with Gasteiger partial charge in [0, 0.05) is 30.3 Å².